The Balaban J connectivity index is 2.68. The van der Waals surface area contributed by atoms with Crippen molar-refractivity contribution in [2.75, 3.05) is 18.6 Å². The van der Waals surface area contributed by atoms with Gasteiger partial charge in [0.25, 0.3) is 0 Å². The first kappa shape index (κ1) is 11.4. The molecule has 0 saturated carbocycles. The number of nitrogens with two attached hydrogens (primary N) is 3. The van der Waals surface area contributed by atoms with Gasteiger partial charge in [-0.25, -0.2) is 4.98 Å². The van der Waals surface area contributed by atoms with Crippen LogP contribution in [0.1, 0.15) is 6.92 Å². The highest BCUT2D eigenvalue weighted by Gasteiger charge is 2.16. The number of aromatic nitrogens is 4. The van der Waals surface area contributed by atoms with Gasteiger partial charge in [0, 0.05) is 12.6 Å². The third-order valence-corrected chi connectivity index (χ3v) is 2.27. The van der Waals surface area contributed by atoms with Crippen LogP contribution in [0.4, 0.5) is 11.9 Å². The summed E-state index contributed by atoms with van der Waals surface area (Å²) in [5.74, 6) is 0.735. The van der Waals surface area contributed by atoms with E-state index < -0.39 is 0 Å². The largest absolute Gasteiger partial charge is 0.479 e. The van der Waals surface area contributed by atoms with Crippen LogP contribution in [0.15, 0.2) is 0 Å². The first-order chi connectivity index (χ1) is 8.02. The number of nitrogen functional groups attached to an aromatic ring is 2. The highest BCUT2D eigenvalue weighted by molar-refractivity contribution is 5.80. The molecule has 2 aromatic heterocycles. The minimum Gasteiger partial charge on any atom is -0.479 e. The topological polar surface area (TPSA) is 131 Å². The smallest absolute Gasteiger partial charge is 0.247 e. The van der Waals surface area contributed by atoms with Crippen LogP contribution >= 0.6 is 0 Å². The van der Waals surface area contributed by atoms with Crippen molar-refractivity contribution >= 4 is 23.1 Å². The highest BCUT2D eigenvalue weighted by atomic mass is 16.5. The molecule has 2 aromatic rings. The molecule has 0 amide bonds. The lowest BCUT2D eigenvalue weighted by atomic mass is 10.3. The Morgan fingerprint density at radius 1 is 1.29 bits per heavy atom. The number of nitrogens with zero attached hydrogens (tertiary/aromatic N) is 4. The molecule has 17 heavy (non-hydrogen) atoms. The van der Waals surface area contributed by atoms with Gasteiger partial charge in [-0.3, -0.25) is 4.57 Å². The molecule has 0 bridgehead atoms. The molecule has 0 radical (unpaired) electrons. The predicted octanol–water partition coefficient (Wildman–Crippen LogP) is -0.653. The molecule has 0 fully saturated rings. The zero-order valence-electron chi connectivity index (χ0n) is 9.71. The Hall–Kier alpha value is -2.09. The van der Waals surface area contributed by atoms with Gasteiger partial charge in [-0.2, -0.15) is 9.97 Å². The lowest BCUT2D eigenvalue weighted by Gasteiger charge is -2.08. The molecule has 0 aliphatic carbocycles. The Morgan fingerprint density at radius 3 is 2.59 bits per heavy atom. The fraction of sp³-hybridized carbons (Fsp3) is 0.444. The molecular weight excluding hydrogens is 222 g/mol. The Bertz CT molecular complexity index is 548. The fourth-order valence-electron chi connectivity index (χ4n) is 1.62. The van der Waals surface area contributed by atoms with Crippen LogP contribution in [-0.2, 0) is 6.54 Å². The van der Waals surface area contributed by atoms with E-state index in [4.69, 9.17) is 21.9 Å². The third kappa shape index (κ3) is 1.94. The molecule has 2 heterocycles. The van der Waals surface area contributed by atoms with Crippen LogP contribution in [-0.4, -0.2) is 32.7 Å². The maximum Gasteiger partial charge on any atom is 0.247 e. The predicted molar refractivity (Wildman–Crippen MR) is 64.3 cm³/mol. The van der Waals surface area contributed by atoms with Crippen molar-refractivity contribution in [1.29, 1.82) is 0 Å². The van der Waals surface area contributed by atoms with Crippen molar-refractivity contribution < 1.29 is 4.74 Å². The monoisotopic (exact) mass is 237 g/mol. The zero-order valence-corrected chi connectivity index (χ0v) is 9.71. The van der Waals surface area contributed by atoms with Gasteiger partial charge < -0.3 is 21.9 Å². The number of hydrogen-bond donors (Lipinski definition) is 3. The molecule has 92 valence electrons. The molecule has 0 spiro atoms. The minimum atomic E-state index is -0.0723. The number of imidazole rings is 1. The number of anilines is 2. The molecular formula is C9H15N7O. The summed E-state index contributed by atoms with van der Waals surface area (Å²) in [7, 11) is 1.49. The summed E-state index contributed by atoms with van der Waals surface area (Å²) in [6.07, 6.45) is 0. The van der Waals surface area contributed by atoms with Gasteiger partial charge in [0.15, 0.2) is 11.2 Å². The Morgan fingerprint density at radius 2 is 2.00 bits per heavy atom. The summed E-state index contributed by atoms with van der Waals surface area (Å²) in [6.45, 7) is 2.37. The van der Waals surface area contributed by atoms with E-state index in [9.17, 15) is 0 Å². The SMILES string of the molecule is COc1nc(N)nc2c1nc(N)n2CC(C)N. The third-order valence-electron chi connectivity index (χ3n) is 2.27. The zero-order chi connectivity index (χ0) is 12.6. The molecule has 0 aliphatic rings. The van der Waals surface area contributed by atoms with Crippen molar-refractivity contribution in [1.82, 2.24) is 19.5 Å². The van der Waals surface area contributed by atoms with E-state index in [-0.39, 0.29) is 12.0 Å². The molecule has 1 unspecified atom stereocenters. The Labute approximate surface area is 97.8 Å². The molecule has 6 N–H and O–H groups in total. The number of ether oxygens (including phenoxy) is 1. The molecule has 8 nitrogen and oxygen atoms in total. The summed E-state index contributed by atoms with van der Waals surface area (Å²) >= 11 is 0. The van der Waals surface area contributed by atoms with Crippen molar-refractivity contribution in [3.8, 4) is 5.88 Å². The van der Waals surface area contributed by atoms with Crippen molar-refractivity contribution in [2.45, 2.75) is 19.5 Å². The molecule has 0 saturated heterocycles. The second-order valence-electron chi connectivity index (χ2n) is 3.82. The number of fused-ring (bicyclic) bond motifs is 1. The summed E-state index contributed by atoms with van der Waals surface area (Å²) in [6, 6.07) is -0.0723. The summed E-state index contributed by atoms with van der Waals surface area (Å²) < 4.78 is 6.78. The molecule has 2 rings (SSSR count). The number of methoxy groups -OCH3 is 1. The Kier molecular flexibility index (Phi) is 2.72. The standard InChI is InChI=1S/C9H15N7O/c1-4(10)3-16-6-5(13-9(16)12)7(17-2)15-8(11)14-6/h4H,3,10H2,1-2H3,(H2,12,13)(H2,11,14,15). The molecule has 1 atom stereocenters. The van der Waals surface area contributed by atoms with Gasteiger partial charge in [0.1, 0.15) is 0 Å². The van der Waals surface area contributed by atoms with E-state index >= 15 is 0 Å². The van der Waals surface area contributed by atoms with E-state index in [1.165, 1.54) is 7.11 Å². The van der Waals surface area contributed by atoms with Crippen molar-refractivity contribution in [3.63, 3.8) is 0 Å². The van der Waals surface area contributed by atoms with Crippen LogP contribution in [0.25, 0.3) is 11.2 Å². The minimum absolute atomic E-state index is 0.0723. The van der Waals surface area contributed by atoms with Crippen LogP contribution < -0.4 is 21.9 Å². The second-order valence-corrected chi connectivity index (χ2v) is 3.82. The average Bonchev–Trinajstić information content (AvgIpc) is 2.55. The summed E-state index contributed by atoms with van der Waals surface area (Å²) in [5.41, 5.74) is 18.2. The lowest BCUT2D eigenvalue weighted by Crippen LogP contribution is -2.23. The lowest BCUT2D eigenvalue weighted by molar-refractivity contribution is 0.402. The summed E-state index contributed by atoms with van der Waals surface area (Å²) in [5, 5.41) is 0. The van der Waals surface area contributed by atoms with Crippen LogP contribution in [0.2, 0.25) is 0 Å². The van der Waals surface area contributed by atoms with E-state index in [1.54, 1.807) is 4.57 Å². The van der Waals surface area contributed by atoms with Crippen LogP contribution in [0.5, 0.6) is 5.88 Å². The van der Waals surface area contributed by atoms with Gasteiger partial charge in [-0.1, -0.05) is 0 Å². The molecule has 0 aromatic carbocycles. The number of rotatable bonds is 3. The quantitative estimate of drug-likeness (QED) is 0.646. The van der Waals surface area contributed by atoms with Gasteiger partial charge >= 0.3 is 0 Å². The van der Waals surface area contributed by atoms with Crippen LogP contribution in [0, 0.1) is 0 Å². The maximum atomic E-state index is 5.81. The number of hydrogen-bond acceptors (Lipinski definition) is 7. The van der Waals surface area contributed by atoms with E-state index in [0.717, 1.165) is 0 Å². The van der Waals surface area contributed by atoms with Crippen LogP contribution in [0.3, 0.4) is 0 Å². The maximum absolute atomic E-state index is 5.81. The molecule has 8 heteroatoms. The van der Waals surface area contributed by atoms with E-state index in [0.29, 0.717) is 29.5 Å². The molecule has 0 aliphatic heterocycles. The van der Waals surface area contributed by atoms with E-state index in [2.05, 4.69) is 15.0 Å². The van der Waals surface area contributed by atoms with Gasteiger partial charge in [-0.05, 0) is 6.92 Å². The highest BCUT2D eigenvalue weighted by Crippen LogP contribution is 2.24. The van der Waals surface area contributed by atoms with Gasteiger partial charge in [-0.15, -0.1) is 0 Å². The first-order valence-electron chi connectivity index (χ1n) is 5.11. The second kappa shape index (κ2) is 4.06. The fourth-order valence-corrected chi connectivity index (χ4v) is 1.62. The summed E-state index contributed by atoms with van der Waals surface area (Å²) in [4.78, 5) is 12.2. The normalized spacial score (nSPS) is 12.9. The first-order valence-corrected chi connectivity index (χ1v) is 5.11. The van der Waals surface area contributed by atoms with Gasteiger partial charge in [0.2, 0.25) is 17.8 Å². The van der Waals surface area contributed by atoms with Crippen molar-refractivity contribution in [2.24, 2.45) is 5.73 Å². The van der Waals surface area contributed by atoms with Gasteiger partial charge in [0.05, 0.1) is 7.11 Å². The van der Waals surface area contributed by atoms with E-state index in [1.807, 2.05) is 6.92 Å². The van der Waals surface area contributed by atoms with Crippen molar-refractivity contribution in [3.05, 3.63) is 0 Å². The average molecular weight is 237 g/mol.